The van der Waals surface area contributed by atoms with Crippen molar-refractivity contribution in [3.63, 3.8) is 0 Å². The third kappa shape index (κ3) is 4.07. The molecule has 0 fully saturated rings. The fourth-order valence-electron chi connectivity index (χ4n) is 3.27. The number of methoxy groups -OCH3 is 2. The molecule has 29 heavy (non-hydrogen) atoms. The fourth-order valence-corrected chi connectivity index (χ4v) is 3.45. The fraction of sp³-hybridized carbons (Fsp3) is 0.273. The second-order valence-corrected chi connectivity index (χ2v) is 7.07. The molecule has 0 aliphatic heterocycles. The zero-order valence-corrected chi connectivity index (χ0v) is 17.5. The zero-order valence-electron chi connectivity index (χ0n) is 16.8. The average molecular weight is 415 g/mol. The standard InChI is InChI=1S/C22H23ClN2O4/c1-5-25-12-17(21(26)16-11-15(23)7-8-18(16)25)22(27)24-13(2)14-6-9-19(28-3)20(10-14)29-4/h6-13H,5H2,1-4H3,(H,24,27)/t13-/m0/s1. The van der Waals surface area contributed by atoms with E-state index in [0.29, 0.717) is 28.5 Å². The molecular formula is C22H23ClN2O4. The van der Waals surface area contributed by atoms with Crippen LogP contribution in [0.1, 0.15) is 35.8 Å². The number of carbonyl (C=O) groups is 1. The number of aryl methyl sites for hydroxylation is 1. The van der Waals surface area contributed by atoms with Gasteiger partial charge in [0.1, 0.15) is 5.56 Å². The van der Waals surface area contributed by atoms with E-state index < -0.39 is 5.91 Å². The third-order valence-corrected chi connectivity index (χ3v) is 5.12. The van der Waals surface area contributed by atoms with Gasteiger partial charge in [0.05, 0.1) is 25.8 Å². The number of nitrogens with one attached hydrogen (secondary N) is 1. The van der Waals surface area contributed by atoms with Gasteiger partial charge >= 0.3 is 0 Å². The Morgan fingerprint density at radius 1 is 1.14 bits per heavy atom. The molecule has 1 N–H and O–H groups in total. The molecule has 1 atom stereocenters. The lowest BCUT2D eigenvalue weighted by molar-refractivity contribution is 0.0938. The number of amides is 1. The molecule has 2 aromatic carbocycles. The molecule has 6 nitrogen and oxygen atoms in total. The highest BCUT2D eigenvalue weighted by Gasteiger charge is 2.19. The normalized spacial score (nSPS) is 11.9. The van der Waals surface area contributed by atoms with Crippen molar-refractivity contribution in [2.45, 2.75) is 26.4 Å². The number of benzene rings is 2. The Balaban J connectivity index is 1.96. The number of aromatic nitrogens is 1. The van der Waals surface area contributed by atoms with Gasteiger partial charge in [-0.25, -0.2) is 0 Å². The highest BCUT2D eigenvalue weighted by molar-refractivity contribution is 6.31. The van der Waals surface area contributed by atoms with Crippen LogP contribution in [0.5, 0.6) is 11.5 Å². The smallest absolute Gasteiger partial charge is 0.257 e. The van der Waals surface area contributed by atoms with Crippen LogP contribution in [-0.4, -0.2) is 24.7 Å². The summed E-state index contributed by atoms with van der Waals surface area (Å²) < 4.78 is 12.4. The van der Waals surface area contributed by atoms with Gasteiger partial charge in [-0.3, -0.25) is 9.59 Å². The van der Waals surface area contributed by atoms with E-state index in [1.165, 1.54) is 0 Å². The van der Waals surface area contributed by atoms with Gasteiger partial charge in [-0.05, 0) is 49.7 Å². The molecule has 7 heteroatoms. The van der Waals surface area contributed by atoms with Crippen LogP contribution < -0.4 is 20.2 Å². The van der Waals surface area contributed by atoms with E-state index in [0.717, 1.165) is 11.1 Å². The minimum absolute atomic E-state index is 0.0777. The molecule has 3 aromatic rings. The summed E-state index contributed by atoms with van der Waals surface area (Å²) >= 11 is 6.06. The Kier molecular flexibility index (Phi) is 6.13. The minimum Gasteiger partial charge on any atom is -0.493 e. The molecule has 0 unspecified atom stereocenters. The van der Waals surface area contributed by atoms with Crippen molar-refractivity contribution in [3.8, 4) is 11.5 Å². The summed E-state index contributed by atoms with van der Waals surface area (Å²) in [6.07, 6.45) is 1.59. The predicted octanol–water partition coefficient (Wildman–Crippen LogP) is 4.18. The van der Waals surface area contributed by atoms with Gasteiger partial charge in [-0.1, -0.05) is 17.7 Å². The van der Waals surface area contributed by atoms with Gasteiger partial charge in [0, 0.05) is 23.2 Å². The van der Waals surface area contributed by atoms with E-state index in [-0.39, 0.29) is 17.0 Å². The van der Waals surface area contributed by atoms with E-state index >= 15 is 0 Å². The first-order chi connectivity index (χ1) is 13.9. The van der Waals surface area contributed by atoms with Crippen molar-refractivity contribution in [1.82, 2.24) is 9.88 Å². The summed E-state index contributed by atoms with van der Waals surface area (Å²) in [5.74, 6) is 0.730. The summed E-state index contributed by atoms with van der Waals surface area (Å²) in [6.45, 7) is 4.41. The van der Waals surface area contributed by atoms with Crippen LogP contribution >= 0.6 is 11.6 Å². The van der Waals surface area contributed by atoms with Gasteiger partial charge in [-0.2, -0.15) is 0 Å². The molecule has 0 spiro atoms. The summed E-state index contributed by atoms with van der Waals surface area (Å²) in [7, 11) is 3.12. The summed E-state index contributed by atoms with van der Waals surface area (Å²) in [6, 6.07) is 10.2. The number of nitrogens with zero attached hydrogens (tertiary/aromatic N) is 1. The van der Waals surface area contributed by atoms with Crippen molar-refractivity contribution in [1.29, 1.82) is 0 Å². The van der Waals surface area contributed by atoms with Crippen LogP contribution in [0.3, 0.4) is 0 Å². The maximum atomic E-state index is 12.9. The van der Waals surface area contributed by atoms with Crippen molar-refractivity contribution in [2.75, 3.05) is 14.2 Å². The lowest BCUT2D eigenvalue weighted by Gasteiger charge is -2.17. The summed E-state index contributed by atoms with van der Waals surface area (Å²) in [5, 5.41) is 3.77. The van der Waals surface area contributed by atoms with E-state index in [1.54, 1.807) is 50.7 Å². The van der Waals surface area contributed by atoms with Crippen LogP contribution in [0.4, 0.5) is 0 Å². The molecule has 3 rings (SSSR count). The zero-order chi connectivity index (χ0) is 21.1. The van der Waals surface area contributed by atoms with Crippen LogP contribution in [0.15, 0.2) is 47.4 Å². The van der Waals surface area contributed by atoms with Gasteiger partial charge in [-0.15, -0.1) is 0 Å². The molecule has 1 amide bonds. The van der Waals surface area contributed by atoms with Crippen molar-refractivity contribution < 1.29 is 14.3 Å². The number of hydrogen-bond acceptors (Lipinski definition) is 4. The van der Waals surface area contributed by atoms with E-state index in [9.17, 15) is 9.59 Å². The molecule has 0 aliphatic carbocycles. The van der Waals surface area contributed by atoms with Crippen LogP contribution in [0, 0.1) is 0 Å². The van der Waals surface area contributed by atoms with E-state index in [1.807, 2.05) is 24.5 Å². The molecule has 1 aromatic heterocycles. The van der Waals surface area contributed by atoms with E-state index in [2.05, 4.69) is 5.32 Å². The number of rotatable bonds is 6. The van der Waals surface area contributed by atoms with Crippen LogP contribution in [0.25, 0.3) is 10.9 Å². The number of halogens is 1. The minimum atomic E-state index is -0.443. The molecular weight excluding hydrogens is 392 g/mol. The maximum absolute atomic E-state index is 12.9. The molecule has 0 saturated heterocycles. The Hall–Kier alpha value is -2.99. The highest BCUT2D eigenvalue weighted by atomic mass is 35.5. The predicted molar refractivity (Wildman–Crippen MR) is 114 cm³/mol. The number of carbonyl (C=O) groups excluding carboxylic acids is 1. The number of hydrogen-bond donors (Lipinski definition) is 1. The number of fused-ring (bicyclic) bond motifs is 1. The Bertz CT molecular complexity index is 1120. The van der Waals surface area contributed by atoms with Crippen LogP contribution in [0.2, 0.25) is 5.02 Å². The first-order valence-electron chi connectivity index (χ1n) is 9.25. The summed E-state index contributed by atoms with van der Waals surface area (Å²) in [5.41, 5.74) is 1.31. The first-order valence-corrected chi connectivity index (χ1v) is 9.62. The largest absolute Gasteiger partial charge is 0.493 e. The van der Waals surface area contributed by atoms with Crippen molar-refractivity contribution in [2.24, 2.45) is 0 Å². The van der Waals surface area contributed by atoms with Gasteiger partial charge < -0.3 is 19.4 Å². The van der Waals surface area contributed by atoms with Gasteiger partial charge in [0.25, 0.3) is 5.91 Å². The summed E-state index contributed by atoms with van der Waals surface area (Å²) in [4.78, 5) is 25.8. The maximum Gasteiger partial charge on any atom is 0.257 e. The van der Waals surface area contributed by atoms with Gasteiger partial charge in [0.15, 0.2) is 11.5 Å². The first kappa shape index (κ1) is 20.7. The average Bonchev–Trinajstić information content (AvgIpc) is 2.73. The van der Waals surface area contributed by atoms with Crippen molar-refractivity contribution in [3.05, 3.63) is 69.0 Å². The van der Waals surface area contributed by atoms with Crippen molar-refractivity contribution >= 4 is 28.4 Å². The second kappa shape index (κ2) is 8.57. The van der Waals surface area contributed by atoms with Gasteiger partial charge in [0.2, 0.25) is 5.43 Å². The Morgan fingerprint density at radius 3 is 2.52 bits per heavy atom. The quantitative estimate of drug-likeness (QED) is 0.656. The molecule has 0 bridgehead atoms. The molecule has 0 saturated carbocycles. The Labute approximate surface area is 174 Å². The molecule has 0 radical (unpaired) electrons. The van der Waals surface area contributed by atoms with Crippen LogP contribution in [-0.2, 0) is 6.54 Å². The Morgan fingerprint density at radius 2 is 1.86 bits per heavy atom. The number of ether oxygens (including phenoxy) is 2. The molecule has 152 valence electrons. The second-order valence-electron chi connectivity index (χ2n) is 6.63. The van der Waals surface area contributed by atoms with E-state index in [4.69, 9.17) is 21.1 Å². The lowest BCUT2D eigenvalue weighted by Crippen LogP contribution is -2.31. The SMILES string of the molecule is CCn1cc(C(=O)N[C@@H](C)c2ccc(OC)c(OC)c2)c(=O)c2cc(Cl)ccc21. The monoisotopic (exact) mass is 414 g/mol. The number of pyridine rings is 1. The topological polar surface area (TPSA) is 69.6 Å². The highest BCUT2D eigenvalue weighted by Crippen LogP contribution is 2.30. The third-order valence-electron chi connectivity index (χ3n) is 4.88. The lowest BCUT2D eigenvalue weighted by atomic mass is 10.1. The molecule has 1 heterocycles. The molecule has 0 aliphatic rings.